The topological polar surface area (TPSA) is 103 Å². The van der Waals surface area contributed by atoms with E-state index in [1.165, 1.54) is 0 Å². The van der Waals surface area contributed by atoms with E-state index >= 15 is 0 Å². The number of para-hydroxylation sites is 2. The molecular weight excluding hydrogens is 407 g/mol. The van der Waals surface area contributed by atoms with E-state index in [-0.39, 0.29) is 23.7 Å². The fourth-order valence-electron chi connectivity index (χ4n) is 2.44. The van der Waals surface area contributed by atoms with Gasteiger partial charge < -0.3 is 19.5 Å². The Morgan fingerprint density at radius 3 is 2.69 bits per heavy atom. The Morgan fingerprint density at radius 2 is 1.93 bits per heavy atom. The molecule has 0 spiro atoms. The van der Waals surface area contributed by atoms with Gasteiger partial charge in [-0.05, 0) is 30.3 Å². The first-order chi connectivity index (χ1) is 13.9. The van der Waals surface area contributed by atoms with Gasteiger partial charge >= 0.3 is 12.0 Å². The lowest BCUT2D eigenvalue weighted by molar-refractivity contribution is -0.123. The van der Waals surface area contributed by atoms with Crippen molar-refractivity contribution in [1.82, 2.24) is 10.6 Å². The largest absolute Gasteiger partial charge is 0.486 e. The molecule has 0 aromatic heterocycles. The van der Waals surface area contributed by atoms with Crippen LogP contribution in [0, 0.1) is 5.82 Å². The number of carbonyl (C=O) groups excluding carboxylic acids is 3. The monoisotopic (exact) mass is 422 g/mol. The van der Waals surface area contributed by atoms with Crippen molar-refractivity contribution in [2.24, 2.45) is 0 Å². The molecule has 0 saturated heterocycles. The second-order valence-corrected chi connectivity index (χ2v) is 6.36. The molecule has 1 aliphatic heterocycles. The fraction of sp³-hybridized carbons (Fsp3) is 0.211. The Balaban J connectivity index is 1.39. The summed E-state index contributed by atoms with van der Waals surface area (Å²) in [5.74, 6) is -1.20. The van der Waals surface area contributed by atoms with Crippen molar-refractivity contribution < 1.29 is 33.0 Å². The molecule has 0 bridgehead atoms. The Morgan fingerprint density at radius 1 is 1.17 bits per heavy atom. The molecule has 3 rings (SSSR count). The van der Waals surface area contributed by atoms with Crippen molar-refractivity contribution in [3.8, 4) is 11.5 Å². The van der Waals surface area contributed by atoms with E-state index < -0.39 is 36.4 Å². The number of esters is 1. The average molecular weight is 423 g/mol. The first-order valence-corrected chi connectivity index (χ1v) is 8.88. The number of imide groups is 1. The molecule has 0 aliphatic carbocycles. The highest BCUT2D eigenvalue weighted by Gasteiger charge is 2.21. The van der Waals surface area contributed by atoms with E-state index in [0.717, 1.165) is 18.2 Å². The molecule has 1 atom stereocenters. The maximum absolute atomic E-state index is 13.0. The first kappa shape index (κ1) is 20.4. The van der Waals surface area contributed by atoms with Crippen molar-refractivity contribution >= 4 is 29.5 Å². The number of hydrogen-bond acceptors (Lipinski definition) is 6. The molecule has 8 nitrogen and oxygen atoms in total. The highest BCUT2D eigenvalue weighted by molar-refractivity contribution is 6.33. The van der Waals surface area contributed by atoms with Crippen LogP contribution in [-0.4, -0.2) is 43.8 Å². The molecule has 0 fully saturated rings. The quantitative estimate of drug-likeness (QED) is 0.717. The summed E-state index contributed by atoms with van der Waals surface area (Å²) >= 11 is 5.74. The molecule has 29 heavy (non-hydrogen) atoms. The Kier molecular flexibility index (Phi) is 6.50. The van der Waals surface area contributed by atoms with Gasteiger partial charge in [-0.1, -0.05) is 23.7 Å². The third kappa shape index (κ3) is 5.58. The molecule has 2 aromatic carbocycles. The van der Waals surface area contributed by atoms with Gasteiger partial charge in [0.15, 0.2) is 24.2 Å². The fourth-order valence-corrected chi connectivity index (χ4v) is 2.69. The Hall–Kier alpha value is -3.33. The minimum Gasteiger partial charge on any atom is -0.486 e. The normalized spacial score (nSPS) is 14.6. The highest BCUT2D eigenvalue weighted by Crippen LogP contribution is 2.30. The zero-order valence-electron chi connectivity index (χ0n) is 14.9. The van der Waals surface area contributed by atoms with Gasteiger partial charge in [0.25, 0.3) is 5.91 Å². The summed E-state index contributed by atoms with van der Waals surface area (Å²) in [5, 5.41) is 4.33. The van der Waals surface area contributed by atoms with E-state index in [0.29, 0.717) is 11.5 Å². The molecule has 3 amide bonds. The third-order valence-corrected chi connectivity index (χ3v) is 4.11. The lowest BCUT2D eigenvalue weighted by atomic mass is 10.2. The van der Waals surface area contributed by atoms with E-state index in [1.807, 2.05) is 11.4 Å². The Labute approximate surface area is 169 Å². The second kappa shape index (κ2) is 9.24. The van der Waals surface area contributed by atoms with Gasteiger partial charge in [-0.3, -0.25) is 10.1 Å². The number of rotatable bonds is 5. The number of carbonyl (C=O) groups is 3. The standard InChI is InChI=1S/C19H16ClFN2O6/c20-14-7-11(21)5-6-13(14)18(25)28-10-17(24)23-19(26)22-8-12-9-27-15-3-1-2-4-16(15)29-12/h1-7,12H,8-10H2,(H2,22,23,24,26). The van der Waals surface area contributed by atoms with E-state index in [9.17, 15) is 18.8 Å². The van der Waals surface area contributed by atoms with Gasteiger partial charge in [0, 0.05) is 0 Å². The first-order valence-electron chi connectivity index (χ1n) is 8.50. The lowest BCUT2D eigenvalue weighted by Gasteiger charge is -2.26. The number of benzene rings is 2. The predicted molar refractivity (Wildman–Crippen MR) is 99.6 cm³/mol. The van der Waals surface area contributed by atoms with Gasteiger partial charge in [0.05, 0.1) is 17.1 Å². The van der Waals surface area contributed by atoms with Crippen molar-refractivity contribution in [3.63, 3.8) is 0 Å². The summed E-state index contributed by atoms with van der Waals surface area (Å²) < 4.78 is 28.9. The smallest absolute Gasteiger partial charge is 0.340 e. The SMILES string of the molecule is O=C(COC(=O)c1ccc(F)cc1Cl)NC(=O)NCC1COc2ccccc2O1. The van der Waals surface area contributed by atoms with Gasteiger partial charge in [-0.2, -0.15) is 0 Å². The van der Waals surface area contributed by atoms with Crippen molar-refractivity contribution in [1.29, 1.82) is 0 Å². The molecule has 0 saturated carbocycles. The summed E-state index contributed by atoms with van der Waals surface area (Å²) in [4.78, 5) is 35.4. The van der Waals surface area contributed by atoms with E-state index in [2.05, 4.69) is 5.32 Å². The van der Waals surface area contributed by atoms with Gasteiger partial charge in [0.2, 0.25) is 0 Å². The number of halogens is 2. The summed E-state index contributed by atoms with van der Waals surface area (Å²) in [7, 11) is 0. The van der Waals surface area contributed by atoms with Crippen LogP contribution in [0.3, 0.4) is 0 Å². The molecule has 2 aromatic rings. The molecular formula is C19H16ClFN2O6. The average Bonchev–Trinajstić information content (AvgIpc) is 2.70. The minimum absolute atomic E-state index is 0.0957. The third-order valence-electron chi connectivity index (χ3n) is 3.80. The van der Waals surface area contributed by atoms with Crippen molar-refractivity contribution in [2.45, 2.75) is 6.10 Å². The summed E-state index contributed by atoms with van der Waals surface area (Å²) in [6, 6.07) is 9.45. The Bertz CT molecular complexity index is 939. The van der Waals surface area contributed by atoms with Crippen LogP contribution >= 0.6 is 11.6 Å². The van der Waals surface area contributed by atoms with Crippen LogP contribution in [0.4, 0.5) is 9.18 Å². The van der Waals surface area contributed by atoms with Crippen LogP contribution in [0.5, 0.6) is 11.5 Å². The molecule has 1 heterocycles. The van der Waals surface area contributed by atoms with Gasteiger partial charge in [-0.15, -0.1) is 0 Å². The highest BCUT2D eigenvalue weighted by atomic mass is 35.5. The molecule has 2 N–H and O–H groups in total. The number of nitrogens with one attached hydrogen (secondary N) is 2. The van der Waals surface area contributed by atoms with Crippen LogP contribution in [-0.2, 0) is 9.53 Å². The van der Waals surface area contributed by atoms with Gasteiger partial charge in [0.1, 0.15) is 12.4 Å². The summed E-state index contributed by atoms with van der Waals surface area (Å²) in [5.41, 5.74) is -0.0972. The van der Waals surface area contributed by atoms with Crippen LogP contribution in [0.15, 0.2) is 42.5 Å². The number of fused-ring (bicyclic) bond motifs is 1. The number of amides is 3. The summed E-state index contributed by atoms with van der Waals surface area (Å²) in [6.45, 7) is -0.379. The van der Waals surface area contributed by atoms with Crippen LogP contribution in [0.2, 0.25) is 5.02 Å². The molecule has 1 unspecified atom stereocenters. The molecule has 1 aliphatic rings. The van der Waals surface area contributed by atoms with E-state index in [4.69, 9.17) is 25.8 Å². The zero-order valence-corrected chi connectivity index (χ0v) is 15.7. The van der Waals surface area contributed by atoms with Crippen molar-refractivity contribution in [2.75, 3.05) is 19.8 Å². The number of urea groups is 1. The minimum atomic E-state index is -0.919. The number of ether oxygens (including phenoxy) is 3. The molecule has 152 valence electrons. The molecule has 10 heteroatoms. The second-order valence-electron chi connectivity index (χ2n) is 5.96. The molecule has 0 radical (unpaired) electrons. The predicted octanol–water partition coefficient (Wildman–Crippen LogP) is 2.30. The van der Waals surface area contributed by atoms with Gasteiger partial charge in [-0.25, -0.2) is 14.0 Å². The van der Waals surface area contributed by atoms with Crippen molar-refractivity contribution in [3.05, 3.63) is 58.9 Å². The van der Waals surface area contributed by atoms with Crippen LogP contribution < -0.4 is 20.1 Å². The maximum Gasteiger partial charge on any atom is 0.340 e. The lowest BCUT2D eigenvalue weighted by Crippen LogP contribution is -2.46. The van der Waals surface area contributed by atoms with Crippen LogP contribution in [0.25, 0.3) is 0 Å². The zero-order chi connectivity index (χ0) is 20.8. The maximum atomic E-state index is 13.0. The van der Waals surface area contributed by atoms with E-state index in [1.54, 1.807) is 18.2 Å². The number of hydrogen-bond donors (Lipinski definition) is 2. The van der Waals surface area contributed by atoms with Crippen LogP contribution in [0.1, 0.15) is 10.4 Å². The summed E-state index contributed by atoms with van der Waals surface area (Å²) in [6.07, 6.45) is -0.427.